The Balaban J connectivity index is 1.48. The van der Waals surface area contributed by atoms with Gasteiger partial charge in [0.15, 0.2) is 0 Å². The van der Waals surface area contributed by atoms with Crippen molar-refractivity contribution in [3.05, 3.63) is 94.0 Å². The fourth-order valence-electron chi connectivity index (χ4n) is 4.43. The molecule has 0 saturated carbocycles. The third-order valence-electron chi connectivity index (χ3n) is 6.46. The van der Waals surface area contributed by atoms with Gasteiger partial charge < -0.3 is 10.0 Å². The predicted octanol–water partition coefficient (Wildman–Crippen LogP) is 4.60. The van der Waals surface area contributed by atoms with Crippen molar-refractivity contribution < 1.29 is 18.3 Å². The molecule has 1 heterocycles. The molecule has 0 aromatic heterocycles. The molecule has 196 valence electrons. The third-order valence-corrected chi connectivity index (χ3v) is 8.58. The number of aliphatic hydroxyl groups is 1. The van der Waals surface area contributed by atoms with Crippen molar-refractivity contribution in [2.45, 2.75) is 29.9 Å². The number of β-amino-alcohol motifs (C(OH)–C–C–N with tert-alkyl or cyclic N) is 1. The van der Waals surface area contributed by atoms with Crippen LogP contribution in [0.4, 0.5) is 5.69 Å². The summed E-state index contributed by atoms with van der Waals surface area (Å²) in [5.41, 5.74) is 2.03. The maximum Gasteiger partial charge on any atom is 0.261 e. The standard InChI is InChI=1S/C27H29Cl2N3O4S/c1-31(26(20-7-3-2-4-8-20)18-32-13-12-22(33)17-32)27(34)15-19-6-5-9-21(14-19)30-37(35,36)23-10-11-24(28)25(29)16-23/h2-11,14,16,22,26,30,33H,12-13,15,17-18H2,1H3/t22-,26+/m0/s1. The lowest BCUT2D eigenvalue weighted by molar-refractivity contribution is -0.131. The van der Waals surface area contributed by atoms with Crippen molar-refractivity contribution in [2.75, 3.05) is 31.4 Å². The molecule has 10 heteroatoms. The molecule has 1 saturated heterocycles. The van der Waals surface area contributed by atoms with E-state index in [1.807, 2.05) is 30.3 Å². The summed E-state index contributed by atoms with van der Waals surface area (Å²) in [5, 5.41) is 10.4. The van der Waals surface area contributed by atoms with Crippen LogP contribution in [0, 0.1) is 0 Å². The Bertz CT molecular complexity index is 1350. The molecular weight excluding hydrogens is 533 g/mol. The van der Waals surface area contributed by atoms with E-state index in [0.717, 1.165) is 18.5 Å². The molecule has 2 atom stereocenters. The molecule has 0 spiro atoms. The summed E-state index contributed by atoms with van der Waals surface area (Å²) in [4.78, 5) is 17.2. The van der Waals surface area contributed by atoms with Crippen LogP contribution in [0.3, 0.4) is 0 Å². The van der Waals surface area contributed by atoms with Gasteiger partial charge in [-0.15, -0.1) is 0 Å². The van der Waals surface area contributed by atoms with Gasteiger partial charge in [-0.3, -0.25) is 14.4 Å². The van der Waals surface area contributed by atoms with E-state index in [1.54, 1.807) is 36.2 Å². The lowest BCUT2D eigenvalue weighted by atomic mass is 10.0. The molecule has 7 nitrogen and oxygen atoms in total. The summed E-state index contributed by atoms with van der Waals surface area (Å²) in [5.74, 6) is -0.0990. The number of rotatable bonds is 9. The van der Waals surface area contributed by atoms with Gasteiger partial charge in [-0.2, -0.15) is 0 Å². The van der Waals surface area contributed by atoms with Crippen LogP contribution < -0.4 is 4.72 Å². The fourth-order valence-corrected chi connectivity index (χ4v) is 5.86. The normalized spacial score (nSPS) is 16.9. The summed E-state index contributed by atoms with van der Waals surface area (Å²) >= 11 is 11.9. The number of carbonyl (C=O) groups excluding carboxylic acids is 1. The number of amides is 1. The average molecular weight is 563 g/mol. The first-order valence-corrected chi connectivity index (χ1v) is 14.1. The molecule has 0 radical (unpaired) electrons. The van der Waals surface area contributed by atoms with Gasteiger partial charge >= 0.3 is 0 Å². The van der Waals surface area contributed by atoms with Gasteiger partial charge in [0.2, 0.25) is 5.91 Å². The van der Waals surface area contributed by atoms with E-state index in [0.29, 0.717) is 24.3 Å². The maximum atomic E-state index is 13.3. The molecule has 1 fully saturated rings. The fraction of sp³-hybridized carbons (Fsp3) is 0.296. The zero-order valence-corrected chi connectivity index (χ0v) is 22.7. The summed E-state index contributed by atoms with van der Waals surface area (Å²) in [6.07, 6.45) is 0.488. The van der Waals surface area contributed by atoms with E-state index >= 15 is 0 Å². The third kappa shape index (κ3) is 7.03. The van der Waals surface area contributed by atoms with Crippen molar-refractivity contribution in [1.82, 2.24) is 9.80 Å². The van der Waals surface area contributed by atoms with Gasteiger partial charge in [-0.25, -0.2) is 8.42 Å². The van der Waals surface area contributed by atoms with Crippen LogP contribution in [0.1, 0.15) is 23.6 Å². The molecule has 0 aliphatic carbocycles. The van der Waals surface area contributed by atoms with Crippen LogP contribution >= 0.6 is 23.2 Å². The molecule has 0 unspecified atom stereocenters. The van der Waals surface area contributed by atoms with Crippen molar-refractivity contribution in [2.24, 2.45) is 0 Å². The number of aliphatic hydroxyl groups excluding tert-OH is 1. The molecule has 1 amide bonds. The molecule has 1 aliphatic heterocycles. The van der Waals surface area contributed by atoms with Crippen LogP contribution in [-0.2, 0) is 21.2 Å². The van der Waals surface area contributed by atoms with Gasteiger partial charge in [0, 0.05) is 32.4 Å². The van der Waals surface area contributed by atoms with Gasteiger partial charge in [0.1, 0.15) is 0 Å². The van der Waals surface area contributed by atoms with Gasteiger partial charge in [0.25, 0.3) is 10.0 Å². The zero-order valence-electron chi connectivity index (χ0n) is 20.3. The minimum Gasteiger partial charge on any atom is -0.392 e. The van der Waals surface area contributed by atoms with E-state index < -0.39 is 10.0 Å². The molecule has 0 bridgehead atoms. The number of nitrogens with one attached hydrogen (secondary N) is 1. The highest BCUT2D eigenvalue weighted by molar-refractivity contribution is 7.92. The molecule has 37 heavy (non-hydrogen) atoms. The van der Waals surface area contributed by atoms with E-state index in [1.165, 1.54) is 18.2 Å². The molecule has 3 aromatic rings. The Morgan fingerprint density at radius 1 is 1.08 bits per heavy atom. The lowest BCUT2D eigenvalue weighted by Gasteiger charge is -2.32. The molecule has 1 aliphatic rings. The highest BCUT2D eigenvalue weighted by atomic mass is 35.5. The summed E-state index contributed by atoms with van der Waals surface area (Å²) in [6.45, 7) is 1.99. The van der Waals surface area contributed by atoms with E-state index in [4.69, 9.17) is 23.2 Å². The summed E-state index contributed by atoms with van der Waals surface area (Å²) in [6, 6.07) is 20.5. The Kier molecular flexibility index (Phi) is 8.77. The smallest absolute Gasteiger partial charge is 0.261 e. The number of nitrogens with zero attached hydrogens (tertiary/aromatic N) is 2. The molecule has 3 aromatic carbocycles. The second-order valence-corrected chi connectivity index (χ2v) is 11.7. The Labute approximate surface area is 227 Å². The Morgan fingerprint density at radius 2 is 1.84 bits per heavy atom. The lowest BCUT2D eigenvalue weighted by Crippen LogP contribution is -2.39. The number of anilines is 1. The van der Waals surface area contributed by atoms with Crippen LogP contribution in [-0.4, -0.2) is 62.0 Å². The van der Waals surface area contributed by atoms with E-state index in [2.05, 4.69) is 9.62 Å². The molecule has 4 rings (SSSR count). The number of hydrogen-bond donors (Lipinski definition) is 2. The average Bonchev–Trinajstić information content (AvgIpc) is 3.28. The van der Waals surface area contributed by atoms with Gasteiger partial charge in [0.05, 0.1) is 33.5 Å². The van der Waals surface area contributed by atoms with E-state index in [-0.39, 0.29) is 39.4 Å². The number of likely N-dealkylation sites (N-methyl/N-ethyl adjacent to an activating group) is 1. The largest absolute Gasteiger partial charge is 0.392 e. The van der Waals surface area contributed by atoms with Crippen LogP contribution in [0.15, 0.2) is 77.7 Å². The van der Waals surface area contributed by atoms with Crippen LogP contribution in [0.2, 0.25) is 10.0 Å². The Morgan fingerprint density at radius 3 is 2.51 bits per heavy atom. The maximum absolute atomic E-state index is 13.3. The van der Waals surface area contributed by atoms with Crippen molar-refractivity contribution in [1.29, 1.82) is 0 Å². The second-order valence-electron chi connectivity index (χ2n) is 9.19. The minimum absolute atomic E-state index is 0.0131. The number of carbonyl (C=O) groups is 1. The van der Waals surface area contributed by atoms with Crippen LogP contribution in [0.25, 0.3) is 0 Å². The van der Waals surface area contributed by atoms with Crippen LogP contribution in [0.5, 0.6) is 0 Å². The SMILES string of the molecule is CN(C(=O)Cc1cccc(NS(=O)(=O)c2ccc(Cl)c(Cl)c2)c1)[C@H](CN1CC[C@H](O)C1)c1ccccc1. The van der Waals surface area contributed by atoms with Crippen molar-refractivity contribution in [3.63, 3.8) is 0 Å². The topological polar surface area (TPSA) is 90.0 Å². The quantitative estimate of drug-likeness (QED) is 0.398. The number of halogens is 2. The monoisotopic (exact) mass is 561 g/mol. The van der Waals surface area contributed by atoms with Gasteiger partial charge in [-0.05, 0) is 47.9 Å². The minimum atomic E-state index is -3.90. The van der Waals surface area contributed by atoms with E-state index in [9.17, 15) is 18.3 Å². The first-order chi connectivity index (χ1) is 17.6. The number of likely N-dealkylation sites (tertiary alicyclic amines) is 1. The predicted molar refractivity (Wildman–Crippen MR) is 146 cm³/mol. The number of benzene rings is 3. The summed E-state index contributed by atoms with van der Waals surface area (Å²) < 4.78 is 28.2. The highest BCUT2D eigenvalue weighted by Crippen LogP contribution is 2.27. The second kappa shape index (κ2) is 11.8. The number of sulfonamides is 1. The Hall–Kier alpha value is -2.62. The molecular formula is C27H29Cl2N3O4S. The van der Waals surface area contributed by atoms with Crippen molar-refractivity contribution in [3.8, 4) is 0 Å². The first-order valence-electron chi connectivity index (χ1n) is 11.9. The molecule has 2 N–H and O–H groups in total. The first kappa shape index (κ1) is 27.4. The summed E-state index contributed by atoms with van der Waals surface area (Å²) in [7, 11) is -2.11. The number of hydrogen-bond acceptors (Lipinski definition) is 5. The highest BCUT2D eigenvalue weighted by Gasteiger charge is 2.28. The zero-order chi connectivity index (χ0) is 26.6. The van der Waals surface area contributed by atoms with Crippen molar-refractivity contribution >= 4 is 44.8 Å². The van der Waals surface area contributed by atoms with Gasteiger partial charge in [-0.1, -0.05) is 65.7 Å².